The Morgan fingerprint density at radius 2 is 2.23 bits per heavy atom. The fourth-order valence-corrected chi connectivity index (χ4v) is 2.45. The Morgan fingerprint density at radius 3 is 3.15 bits per heavy atom. The Morgan fingerprint density at radius 1 is 1.31 bits per heavy atom. The molecule has 0 unspecified atom stereocenters. The van der Waals surface area contributed by atoms with Crippen LogP contribution >= 0.6 is 11.3 Å². The maximum atomic E-state index is 9.86. The van der Waals surface area contributed by atoms with Gasteiger partial charge in [-0.15, -0.1) is 11.3 Å². The molecule has 0 radical (unpaired) electrons. The van der Waals surface area contributed by atoms with E-state index in [9.17, 15) is 5.11 Å². The van der Waals surface area contributed by atoms with E-state index in [4.69, 9.17) is 0 Å². The number of phenols is 1. The average Bonchev–Trinajstić information content (AvgIpc) is 2.71. The van der Waals surface area contributed by atoms with Crippen molar-refractivity contribution in [2.45, 2.75) is 0 Å². The van der Waals surface area contributed by atoms with E-state index >= 15 is 0 Å². The van der Waals surface area contributed by atoms with Crippen LogP contribution in [0.25, 0.3) is 21.0 Å². The number of hydrogen-bond acceptors (Lipinski definition) is 2. The molecule has 0 saturated carbocycles. The summed E-state index contributed by atoms with van der Waals surface area (Å²) < 4.78 is 1.13. The van der Waals surface area contributed by atoms with Crippen molar-refractivity contribution >= 4 is 32.3 Å². The highest BCUT2D eigenvalue weighted by Gasteiger charge is 2.06. The molecule has 0 bridgehead atoms. The highest BCUT2D eigenvalue weighted by Crippen LogP contribution is 2.35. The third-order valence-electron chi connectivity index (χ3n) is 2.25. The van der Waals surface area contributed by atoms with Crippen molar-refractivity contribution in [3.05, 3.63) is 29.8 Å². The summed E-state index contributed by atoms with van der Waals surface area (Å²) in [6.45, 7) is 0. The number of hydrogen-bond donors (Lipinski definition) is 2. The minimum atomic E-state index is 0.360. The Hall–Kier alpha value is -1.48. The molecule has 0 aliphatic heterocycles. The first kappa shape index (κ1) is 6.97. The minimum absolute atomic E-state index is 0.360. The summed E-state index contributed by atoms with van der Waals surface area (Å²) in [5.74, 6) is 0.360. The van der Waals surface area contributed by atoms with Crippen LogP contribution in [-0.4, -0.2) is 10.1 Å². The molecule has 2 aromatic heterocycles. The van der Waals surface area contributed by atoms with Crippen LogP contribution < -0.4 is 0 Å². The molecule has 2 heterocycles. The maximum Gasteiger partial charge on any atom is 0.148 e. The van der Waals surface area contributed by atoms with Crippen molar-refractivity contribution in [3.63, 3.8) is 0 Å². The summed E-state index contributed by atoms with van der Waals surface area (Å²) in [5.41, 5.74) is 0.825. The van der Waals surface area contributed by atoms with Gasteiger partial charge in [-0.2, -0.15) is 0 Å². The molecule has 0 fully saturated rings. The fraction of sp³-hybridized carbons (Fsp3) is 0. The third kappa shape index (κ3) is 0.820. The van der Waals surface area contributed by atoms with E-state index in [1.807, 2.05) is 23.7 Å². The van der Waals surface area contributed by atoms with Crippen LogP contribution in [0.1, 0.15) is 0 Å². The predicted molar refractivity (Wildman–Crippen MR) is 55.3 cm³/mol. The van der Waals surface area contributed by atoms with Crippen molar-refractivity contribution in [3.8, 4) is 5.75 Å². The number of aromatic amines is 1. The predicted octanol–water partition coefficient (Wildman–Crippen LogP) is 3.09. The second-order valence-electron chi connectivity index (χ2n) is 3.00. The highest BCUT2D eigenvalue weighted by molar-refractivity contribution is 7.17. The van der Waals surface area contributed by atoms with Gasteiger partial charge in [0.1, 0.15) is 5.75 Å². The van der Waals surface area contributed by atoms with Gasteiger partial charge in [-0.05, 0) is 23.6 Å². The summed E-state index contributed by atoms with van der Waals surface area (Å²) in [4.78, 5) is 3.02. The van der Waals surface area contributed by atoms with E-state index in [2.05, 4.69) is 11.1 Å². The van der Waals surface area contributed by atoms with Crippen molar-refractivity contribution in [2.75, 3.05) is 0 Å². The van der Waals surface area contributed by atoms with Crippen LogP contribution in [0.15, 0.2) is 29.8 Å². The van der Waals surface area contributed by atoms with Gasteiger partial charge in [0, 0.05) is 21.7 Å². The Balaban J connectivity index is 2.67. The molecule has 3 rings (SSSR count). The summed E-state index contributed by atoms with van der Waals surface area (Å²) >= 11 is 1.65. The monoisotopic (exact) mass is 189 g/mol. The van der Waals surface area contributed by atoms with Crippen LogP contribution in [0.5, 0.6) is 5.75 Å². The van der Waals surface area contributed by atoms with Gasteiger partial charge in [0.05, 0.1) is 5.52 Å². The number of aromatic nitrogens is 1. The number of rotatable bonds is 0. The van der Waals surface area contributed by atoms with Crippen molar-refractivity contribution in [2.24, 2.45) is 0 Å². The quantitative estimate of drug-likeness (QED) is 0.560. The van der Waals surface area contributed by atoms with E-state index in [1.165, 1.54) is 0 Å². The van der Waals surface area contributed by atoms with Gasteiger partial charge in [0.15, 0.2) is 0 Å². The van der Waals surface area contributed by atoms with Gasteiger partial charge in [-0.25, -0.2) is 0 Å². The molecule has 0 aliphatic carbocycles. The van der Waals surface area contributed by atoms with Crippen molar-refractivity contribution in [1.29, 1.82) is 0 Å². The van der Waals surface area contributed by atoms with Crippen LogP contribution in [0.4, 0.5) is 0 Å². The van der Waals surface area contributed by atoms with Gasteiger partial charge >= 0.3 is 0 Å². The SMILES string of the molecule is Oc1c2ccsc2cc2cc[nH]c12. The smallest absolute Gasteiger partial charge is 0.148 e. The van der Waals surface area contributed by atoms with Crippen molar-refractivity contribution < 1.29 is 5.11 Å². The lowest BCUT2D eigenvalue weighted by molar-refractivity contribution is 0.487. The van der Waals surface area contributed by atoms with E-state index in [-0.39, 0.29) is 0 Å². The first-order valence-corrected chi connectivity index (χ1v) is 4.90. The molecule has 2 nitrogen and oxygen atoms in total. The number of phenolic OH excluding ortho intramolecular Hbond substituents is 1. The average molecular weight is 189 g/mol. The molecule has 1 aromatic carbocycles. The zero-order valence-corrected chi connectivity index (χ0v) is 7.56. The second-order valence-corrected chi connectivity index (χ2v) is 3.95. The fourth-order valence-electron chi connectivity index (χ4n) is 1.61. The topological polar surface area (TPSA) is 36.0 Å². The van der Waals surface area contributed by atoms with Gasteiger partial charge < -0.3 is 10.1 Å². The van der Waals surface area contributed by atoms with Gasteiger partial charge in [0.2, 0.25) is 0 Å². The zero-order valence-electron chi connectivity index (χ0n) is 6.74. The first-order chi connectivity index (χ1) is 6.36. The number of thiophene rings is 1. The van der Waals surface area contributed by atoms with Gasteiger partial charge in [-0.1, -0.05) is 0 Å². The Bertz CT molecular complexity index is 530. The summed E-state index contributed by atoms with van der Waals surface area (Å²) in [5, 5.41) is 13.8. The van der Waals surface area contributed by atoms with Crippen LogP contribution in [0.2, 0.25) is 0 Å². The van der Waals surface area contributed by atoms with Gasteiger partial charge in [0.25, 0.3) is 0 Å². The molecule has 0 saturated heterocycles. The van der Waals surface area contributed by atoms with Crippen LogP contribution in [0, 0.1) is 0 Å². The molecular weight excluding hydrogens is 182 g/mol. The van der Waals surface area contributed by atoms with E-state index < -0.39 is 0 Å². The number of benzene rings is 1. The summed E-state index contributed by atoms with van der Waals surface area (Å²) in [6.07, 6.45) is 1.84. The maximum absolute atomic E-state index is 9.86. The normalized spacial score (nSPS) is 11.4. The molecule has 3 heteroatoms. The number of aromatic hydroxyl groups is 1. The largest absolute Gasteiger partial charge is 0.505 e. The van der Waals surface area contributed by atoms with Crippen LogP contribution in [0.3, 0.4) is 0 Å². The molecule has 3 aromatic rings. The van der Waals surface area contributed by atoms with Crippen LogP contribution in [-0.2, 0) is 0 Å². The molecule has 2 N–H and O–H groups in total. The Kier molecular flexibility index (Phi) is 1.21. The minimum Gasteiger partial charge on any atom is -0.505 e. The summed E-state index contributed by atoms with van der Waals surface area (Å²) in [6, 6.07) is 6.00. The number of nitrogens with one attached hydrogen (secondary N) is 1. The molecule has 64 valence electrons. The molecule has 13 heavy (non-hydrogen) atoms. The third-order valence-corrected chi connectivity index (χ3v) is 3.12. The number of H-pyrrole nitrogens is 1. The number of fused-ring (bicyclic) bond motifs is 2. The zero-order chi connectivity index (χ0) is 8.84. The standard InChI is InChI=1S/C10H7NOS/c12-10-7-2-4-13-8(7)5-6-1-3-11-9(6)10/h1-5,11-12H. The molecule has 0 spiro atoms. The lowest BCUT2D eigenvalue weighted by Crippen LogP contribution is -1.71. The highest BCUT2D eigenvalue weighted by atomic mass is 32.1. The lowest BCUT2D eigenvalue weighted by atomic mass is 10.2. The molecular formula is C10H7NOS. The second kappa shape index (κ2) is 2.26. The molecule has 0 atom stereocenters. The first-order valence-electron chi connectivity index (χ1n) is 4.02. The summed E-state index contributed by atoms with van der Waals surface area (Å²) in [7, 11) is 0. The molecule has 0 aliphatic rings. The Labute approximate surface area is 78.4 Å². The molecule has 0 amide bonds. The van der Waals surface area contributed by atoms with Crippen molar-refractivity contribution in [1.82, 2.24) is 4.98 Å². The van der Waals surface area contributed by atoms with E-state index in [0.717, 1.165) is 21.0 Å². The van der Waals surface area contributed by atoms with E-state index in [1.54, 1.807) is 11.3 Å². The lowest BCUT2D eigenvalue weighted by Gasteiger charge is -1.96. The van der Waals surface area contributed by atoms with Gasteiger partial charge in [-0.3, -0.25) is 0 Å². The van der Waals surface area contributed by atoms with E-state index in [0.29, 0.717) is 5.75 Å².